The summed E-state index contributed by atoms with van der Waals surface area (Å²) in [5, 5.41) is 14.6. The van der Waals surface area contributed by atoms with Gasteiger partial charge in [0.25, 0.3) is 0 Å². The van der Waals surface area contributed by atoms with Crippen LogP contribution in [-0.4, -0.2) is 40.4 Å². The van der Waals surface area contributed by atoms with Crippen LogP contribution in [0, 0.1) is 0 Å². The number of aromatic nitrogens is 3. The molecule has 20 heavy (non-hydrogen) atoms. The Hall–Kier alpha value is -1.59. The maximum absolute atomic E-state index is 4.57. The van der Waals surface area contributed by atoms with E-state index in [-0.39, 0.29) is 0 Å². The fraction of sp³-hybridized carbons (Fsp3) is 0.786. The van der Waals surface area contributed by atoms with Crippen LogP contribution in [0.25, 0.3) is 0 Å². The molecule has 2 N–H and O–H groups in total. The van der Waals surface area contributed by atoms with Gasteiger partial charge in [0.15, 0.2) is 5.96 Å². The van der Waals surface area contributed by atoms with E-state index in [4.69, 9.17) is 0 Å². The number of guanidine groups is 1. The first-order valence-corrected chi connectivity index (χ1v) is 7.70. The lowest BCUT2D eigenvalue weighted by Gasteiger charge is -2.12. The first-order chi connectivity index (χ1) is 9.81. The second-order valence-electron chi connectivity index (χ2n) is 4.69. The zero-order chi connectivity index (χ0) is 14.6. The number of hydrogen-bond donors (Lipinski definition) is 2. The van der Waals surface area contributed by atoms with Gasteiger partial charge < -0.3 is 15.2 Å². The molecule has 0 spiro atoms. The Morgan fingerprint density at radius 3 is 2.80 bits per heavy atom. The topological polar surface area (TPSA) is 67.1 Å². The van der Waals surface area contributed by atoms with E-state index in [2.05, 4.69) is 51.2 Å². The molecule has 0 amide bonds. The summed E-state index contributed by atoms with van der Waals surface area (Å²) in [6, 6.07) is 0. The summed E-state index contributed by atoms with van der Waals surface area (Å²) in [6.45, 7) is 9.83. The van der Waals surface area contributed by atoms with Crippen molar-refractivity contribution >= 4 is 5.96 Å². The normalized spacial score (nSPS) is 11.7. The predicted molar refractivity (Wildman–Crippen MR) is 82.9 cm³/mol. The fourth-order valence-electron chi connectivity index (χ4n) is 1.93. The van der Waals surface area contributed by atoms with Crippen LogP contribution < -0.4 is 10.6 Å². The molecule has 6 nitrogen and oxygen atoms in total. The molecule has 0 aliphatic heterocycles. The van der Waals surface area contributed by atoms with Crippen molar-refractivity contribution < 1.29 is 0 Å². The van der Waals surface area contributed by atoms with Crippen LogP contribution >= 0.6 is 0 Å². The Morgan fingerprint density at radius 2 is 2.10 bits per heavy atom. The van der Waals surface area contributed by atoms with E-state index in [0.717, 1.165) is 50.8 Å². The van der Waals surface area contributed by atoms with Crippen molar-refractivity contribution in [2.75, 3.05) is 19.6 Å². The van der Waals surface area contributed by atoms with Crippen molar-refractivity contribution in [3.63, 3.8) is 0 Å². The SMILES string of the molecule is CCCCCN=C(NCC)NCCn1cnnc1CC. The minimum atomic E-state index is 0.824. The molecule has 0 aromatic carbocycles. The third kappa shape index (κ3) is 6.04. The first kappa shape index (κ1) is 16.5. The van der Waals surface area contributed by atoms with Gasteiger partial charge in [0, 0.05) is 32.6 Å². The van der Waals surface area contributed by atoms with Crippen LogP contribution in [0.1, 0.15) is 45.9 Å². The molecule has 0 aliphatic carbocycles. The Kier molecular flexibility index (Phi) is 8.42. The van der Waals surface area contributed by atoms with Crippen LogP contribution in [-0.2, 0) is 13.0 Å². The maximum Gasteiger partial charge on any atom is 0.191 e. The molecular weight excluding hydrogens is 252 g/mol. The smallest absolute Gasteiger partial charge is 0.191 e. The van der Waals surface area contributed by atoms with Gasteiger partial charge >= 0.3 is 0 Å². The second-order valence-corrected chi connectivity index (χ2v) is 4.69. The van der Waals surface area contributed by atoms with Crippen molar-refractivity contribution in [2.24, 2.45) is 4.99 Å². The van der Waals surface area contributed by atoms with E-state index in [9.17, 15) is 0 Å². The molecule has 0 fully saturated rings. The number of unbranched alkanes of at least 4 members (excludes halogenated alkanes) is 2. The van der Waals surface area contributed by atoms with E-state index >= 15 is 0 Å². The van der Waals surface area contributed by atoms with Crippen molar-refractivity contribution in [3.05, 3.63) is 12.2 Å². The van der Waals surface area contributed by atoms with Crippen LogP contribution in [0.3, 0.4) is 0 Å². The third-order valence-corrected chi connectivity index (χ3v) is 3.03. The molecule has 0 saturated carbocycles. The molecule has 0 radical (unpaired) electrons. The van der Waals surface area contributed by atoms with Crippen LogP contribution in [0.15, 0.2) is 11.3 Å². The van der Waals surface area contributed by atoms with Crippen LogP contribution in [0.4, 0.5) is 0 Å². The molecule has 0 bridgehead atoms. The molecule has 1 aromatic heterocycles. The summed E-state index contributed by atoms with van der Waals surface area (Å²) in [7, 11) is 0. The highest BCUT2D eigenvalue weighted by Gasteiger charge is 2.01. The quantitative estimate of drug-likeness (QED) is 0.409. The largest absolute Gasteiger partial charge is 0.357 e. The Morgan fingerprint density at radius 1 is 1.25 bits per heavy atom. The van der Waals surface area contributed by atoms with Crippen LogP contribution in [0.2, 0.25) is 0 Å². The second kappa shape index (κ2) is 10.2. The summed E-state index contributed by atoms with van der Waals surface area (Å²) < 4.78 is 2.08. The average molecular weight is 280 g/mol. The molecule has 0 aliphatic rings. The predicted octanol–water partition coefficient (Wildman–Crippen LogP) is 1.59. The summed E-state index contributed by atoms with van der Waals surface area (Å²) in [5.41, 5.74) is 0. The lowest BCUT2D eigenvalue weighted by atomic mass is 10.2. The summed E-state index contributed by atoms with van der Waals surface area (Å²) >= 11 is 0. The molecule has 1 aromatic rings. The lowest BCUT2D eigenvalue weighted by molar-refractivity contribution is 0.631. The van der Waals surface area contributed by atoms with Crippen molar-refractivity contribution in [1.82, 2.24) is 25.4 Å². The van der Waals surface area contributed by atoms with E-state index in [1.165, 1.54) is 12.8 Å². The van der Waals surface area contributed by atoms with Gasteiger partial charge in [-0.2, -0.15) is 0 Å². The highest BCUT2D eigenvalue weighted by molar-refractivity contribution is 5.79. The van der Waals surface area contributed by atoms with Gasteiger partial charge in [-0.25, -0.2) is 0 Å². The number of rotatable bonds is 9. The van der Waals surface area contributed by atoms with Gasteiger partial charge in [0.1, 0.15) is 12.2 Å². The molecule has 0 saturated heterocycles. The summed E-state index contributed by atoms with van der Waals surface area (Å²) in [4.78, 5) is 4.57. The van der Waals surface area contributed by atoms with Crippen LogP contribution in [0.5, 0.6) is 0 Å². The monoisotopic (exact) mass is 280 g/mol. The molecule has 0 atom stereocenters. The zero-order valence-corrected chi connectivity index (χ0v) is 13.0. The Bertz CT molecular complexity index is 385. The molecule has 0 unspecified atom stereocenters. The third-order valence-electron chi connectivity index (χ3n) is 3.03. The van der Waals surface area contributed by atoms with E-state index in [1.807, 2.05) is 0 Å². The number of nitrogens with zero attached hydrogens (tertiary/aromatic N) is 4. The Balaban J connectivity index is 2.34. The van der Waals surface area contributed by atoms with Gasteiger partial charge in [0.2, 0.25) is 0 Å². The van der Waals surface area contributed by atoms with Gasteiger partial charge in [0.05, 0.1) is 0 Å². The molecule has 1 rings (SSSR count). The van der Waals surface area contributed by atoms with Crippen molar-refractivity contribution in [3.8, 4) is 0 Å². The lowest BCUT2D eigenvalue weighted by Crippen LogP contribution is -2.39. The van der Waals surface area contributed by atoms with E-state index < -0.39 is 0 Å². The van der Waals surface area contributed by atoms with E-state index in [0.29, 0.717) is 0 Å². The average Bonchev–Trinajstić information content (AvgIpc) is 2.91. The highest BCUT2D eigenvalue weighted by Crippen LogP contribution is 1.95. The molecule has 6 heteroatoms. The maximum atomic E-state index is 4.57. The fourth-order valence-corrected chi connectivity index (χ4v) is 1.93. The molecule has 1 heterocycles. The minimum absolute atomic E-state index is 0.824. The van der Waals surface area contributed by atoms with Gasteiger partial charge in [-0.05, 0) is 13.3 Å². The van der Waals surface area contributed by atoms with Crippen molar-refractivity contribution in [2.45, 2.75) is 53.0 Å². The molecule has 114 valence electrons. The zero-order valence-electron chi connectivity index (χ0n) is 13.0. The summed E-state index contributed by atoms with van der Waals surface area (Å²) in [5.74, 6) is 1.92. The van der Waals surface area contributed by atoms with Crippen molar-refractivity contribution in [1.29, 1.82) is 0 Å². The molecular formula is C14H28N6. The first-order valence-electron chi connectivity index (χ1n) is 7.70. The standard InChI is InChI=1S/C14H28N6/c1-4-7-8-9-16-14(15-6-3)17-10-11-20-12-18-19-13(20)5-2/h12H,4-11H2,1-3H3,(H2,15,16,17). The number of hydrogen-bond acceptors (Lipinski definition) is 3. The summed E-state index contributed by atoms with van der Waals surface area (Å²) in [6.07, 6.45) is 6.31. The van der Waals surface area contributed by atoms with Gasteiger partial charge in [-0.3, -0.25) is 4.99 Å². The number of nitrogens with one attached hydrogen (secondary N) is 2. The highest BCUT2D eigenvalue weighted by atomic mass is 15.3. The number of aliphatic imine (C=N–C) groups is 1. The Labute approximate surface area is 122 Å². The number of aryl methyl sites for hydroxylation is 1. The minimum Gasteiger partial charge on any atom is -0.357 e. The van der Waals surface area contributed by atoms with E-state index in [1.54, 1.807) is 6.33 Å². The van der Waals surface area contributed by atoms with Gasteiger partial charge in [-0.1, -0.05) is 26.7 Å². The van der Waals surface area contributed by atoms with Gasteiger partial charge in [-0.15, -0.1) is 10.2 Å².